The van der Waals surface area contributed by atoms with Crippen LogP contribution in [0.25, 0.3) is 0 Å². The van der Waals surface area contributed by atoms with E-state index in [-0.39, 0.29) is 0 Å². The molecule has 0 atom stereocenters. The molecule has 0 aromatic heterocycles. The van der Waals surface area contributed by atoms with E-state index in [2.05, 4.69) is 91.9 Å². The molecule has 1 aromatic rings. The van der Waals surface area contributed by atoms with Gasteiger partial charge in [0, 0.05) is 0 Å². The zero-order valence-electron chi connectivity index (χ0n) is 17.5. The van der Waals surface area contributed by atoms with Gasteiger partial charge in [0.15, 0.2) is 0 Å². The predicted molar refractivity (Wildman–Crippen MR) is 111 cm³/mol. The molecule has 0 amide bonds. The summed E-state index contributed by atoms with van der Waals surface area (Å²) in [5.74, 6) is 1.09. The molecule has 0 bridgehead atoms. The molecule has 0 aliphatic heterocycles. The van der Waals surface area contributed by atoms with E-state index in [0.29, 0.717) is 5.04 Å². The first-order valence-corrected chi connectivity index (χ1v) is 14.5. The molecule has 0 radical (unpaired) electrons. The van der Waals surface area contributed by atoms with Crippen LogP contribution in [0, 0.1) is 6.92 Å². The molecule has 1 nitrogen and oxygen atoms in total. The van der Waals surface area contributed by atoms with Crippen molar-refractivity contribution in [2.24, 2.45) is 0 Å². The van der Waals surface area contributed by atoms with E-state index < -0.39 is 25.9 Å². The quantitative estimate of drug-likeness (QED) is 0.567. The van der Waals surface area contributed by atoms with Gasteiger partial charge in [-0.05, 0) is 0 Å². The van der Waals surface area contributed by atoms with Crippen molar-refractivity contribution < 1.29 is 21.1 Å². The second kappa shape index (κ2) is 7.50. The van der Waals surface area contributed by atoms with Gasteiger partial charge < -0.3 is 0 Å². The summed E-state index contributed by atoms with van der Waals surface area (Å²) in [6.07, 6.45) is 5.61. The molecule has 2 rings (SSSR count). The van der Waals surface area contributed by atoms with Gasteiger partial charge in [0.2, 0.25) is 0 Å². The molecular formula is C22H34OSiTi. The van der Waals surface area contributed by atoms with E-state index in [0.717, 1.165) is 12.2 Å². The van der Waals surface area contributed by atoms with Gasteiger partial charge >= 0.3 is 162 Å². The van der Waals surface area contributed by atoms with Crippen molar-refractivity contribution in [3.8, 4) is 5.75 Å². The van der Waals surface area contributed by atoms with Crippen molar-refractivity contribution in [2.45, 2.75) is 73.0 Å². The van der Waals surface area contributed by atoms with E-state index in [4.69, 9.17) is 3.32 Å². The third kappa shape index (κ3) is 4.53. The Morgan fingerprint density at radius 1 is 1.08 bits per heavy atom. The third-order valence-electron chi connectivity index (χ3n) is 5.76. The summed E-state index contributed by atoms with van der Waals surface area (Å²) in [5.41, 5.74) is 2.74. The molecule has 1 aromatic carbocycles. The van der Waals surface area contributed by atoms with Crippen molar-refractivity contribution in [2.75, 3.05) is 0 Å². The van der Waals surface area contributed by atoms with Gasteiger partial charge in [0.1, 0.15) is 0 Å². The van der Waals surface area contributed by atoms with E-state index in [1.807, 2.05) is 0 Å². The van der Waals surface area contributed by atoms with Crippen LogP contribution in [0.2, 0.25) is 18.1 Å². The summed E-state index contributed by atoms with van der Waals surface area (Å²) in [5, 5.41) is 1.84. The number of benzene rings is 1. The Balaban J connectivity index is 2.44. The van der Waals surface area contributed by atoms with Crippen LogP contribution in [-0.2, 0) is 17.8 Å². The molecule has 0 spiro atoms. The number of hydrogen-bond donors (Lipinski definition) is 0. The topological polar surface area (TPSA) is 9.23 Å². The number of hydrogen-bond acceptors (Lipinski definition) is 1. The van der Waals surface area contributed by atoms with Crippen LogP contribution in [0.15, 0.2) is 39.8 Å². The van der Waals surface area contributed by atoms with E-state index in [9.17, 15) is 0 Å². The van der Waals surface area contributed by atoms with Crippen LogP contribution >= 0.6 is 0 Å². The fourth-order valence-electron chi connectivity index (χ4n) is 3.07. The normalized spacial score (nSPS) is 14.9. The van der Waals surface area contributed by atoms with Crippen LogP contribution in [0.1, 0.15) is 53.5 Å². The summed E-state index contributed by atoms with van der Waals surface area (Å²) >= 11 is -1.85. The SMILES string of the molecule is CC1=[C]([Ti]([O]c2cc(C)cc([Si](C)(C)C(C)(C)C)c2)=[C](C)C)CC=C1. The second-order valence-electron chi connectivity index (χ2n) is 9.11. The fourth-order valence-corrected chi connectivity index (χ4v) is 8.20. The third-order valence-corrected chi connectivity index (χ3v) is 15.1. The average molecular weight is 390 g/mol. The molecule has 0 saturated heterocycles. The van der Waals surface area contributed by atoms with Crippen LogP contribution in [-0.4, -0.2) is 11.9 Å². The maximum absolute atomic E-state index is 6.71. The van der Waals surface area contributed by atoms with Crippen LogP contribution in [0.4, 0.5) is 0 Å². The first-order chi connectivity index (χ1) is 11.4. The molecule has 0 N–H and O–H groups in total. The van der Waals surface area contributed by atoms with Crippen molar-refractivity contribution >= 4 is 17.1 Å². The molecule has 0 saturated carbocycles. The second-order valence-corrected chi connectivity index (χ2v) is 18.3. The molecular weight excluding hydrogens is 356 g/mol. The zero-order chi connectivity index (χ0) is 19.0. The van der Waals surface area contributed by atoms with Crippen molar-refractivity contribution in [3.05, 3.63) is 45.4 Å². The van der Waals surface area contributed by atoms with Crippen LogP contribution in [0.3, 0.4) is 0 Å². The van der Waals surface area contributed by atoms with Crippen molar-refractivity contribution in [1.82, 2.24) is 0 Å². The molecule has 0 heterocycles. The molecule has 3 heteroatoms. The standard InChI is InChI=1S/C13H22OSi.C6H7.C3H6.Ti/c1-10-7-11(14)9-12(8-10)15(5,6)13(2,3)4;1-6-4-2-3-5-6;1-3-2;/h7-9,14H,1-6H3;2,4H,3H2,1H3;1-2H3;/q;;;+1/p-1. The maximum atomic E-state index is 6.71. The fraction of sp³-hybridized carbons (Fsp3) is 0.500. The minimum atomic E-state index is -1.85. The van der Waals surface area contributed by atoms with E-state index in [1.165, 1.54) is 20.1 Å². The number of aryl methyl sites for hydroxylation is 1. The average Bonchev–Trinajstić information content (AvgIpc) is 2.88. The Morgan fingerprint density at radius 2 is 1.72 bits per heavy atom. The Kier molecular flexibility index (Phi) is 6.19. The molecule has 1 aliphatic rings. The monoisotopic (exact) mass is 390 g/mol. The van der Waals surface area contributed by atoms with Gasteiger partial charge in [0.05, 0.1) is 0 Å². The summed E-state index contributed by atoms with van der Waals surface area (Å²) in [7, 11) is -1.56. The molecule has 25 heavy (non-hydrogen) atoms. The molecule has 0 unspecified atom stereocenters. The van der Waals surface area contributed by atoms with Gasteiger partial charge in [-0.3, -0.25) is 0 Å². The number of allylic oxidation sites excluding steroid dienone is 4. The van der Waals surface area contributed by atoms with E-state index in [1.54, 1.807) is 3.88 Å². The molecule has 0 fully saturated rings. The number of rotatable bonds is 4. The summed E-state index contributed by atoms with van der Waals surface area (Å²) in [4.78, 5) is 0. The Morgan fingerprint density at radius 3 is 2.20 bits per heavy atom. The van der Waals surface area contributed by atoms with Crippen molar-refractivity contribution in [1.29, 1.82) is 0 Å². The summed E-state index contributed by atoms with van der Waals surface area (Å²) in [6, 6.07) is 6.96. The van der Waals surface area contributed by atoms with Gasteiger partial charge in [-0.2, -0.15) is 0 Å². The first kappa shape index (κ1) is 20.6. The van der Waals surface area contributed by atoms with Crippen LogP contribution < -0.4 is 8.51 Å². The summed E-state index contributed by atoms with van der Waals surface area (Å²) < 4.78 is 9.76. The Bertz CT molecular complexity index is 757. The minimum absolute atomic E-state index is 0.332. The van der Waals surface area contributed by atoms with E-state index >= 15 is 0 Å². The zero-order valence-corrected chi connectivity index (χ0v) is 20.1. The van der Waals surface area contributed by atoms with Gasteiger partial charge in [-0.15, -0.1) is 0 Å². The first-order valence-electron chi connectivity index (χ1n) is 9.27. The van der Waals surface area contributed by atoms with Gasteiger partial charge in [-0.25, -0.2) is 0 Å². The molecule has 1 aliphatic carbocycles. The predicted octanol–water partition coefficient (Wildman–Crippen LogP) is 6.07. The Labute approximate surface area is 162 Å². The Hall–Kier alpha value is -0.699. The van der Waals surface area contributed by atoms with Gasteiger partial charge in [0.25, 0.3) is 0 Å². The summed E-state index contributed by atoms with van der Waals surface area (Å²) in [6.45, 7) is 21.0. The van der Waals surface area contributed by atoms with Crippen LogP contribution in [0.5, 0.6) is 5.75 Å². The molecule has 136 valence electrons. The van der Waals surface area contributed by atoms with Gasteiger partial charge in [-0.1, -0.05) is 0 Å². The van der Waals surface area contributed by atoms with Crippen molar-refractivity contribution in [3.63, 3.8) is 0 Å².